The Morgan fingerprint density at radius 1 is 1.47 bits per heavy atom. The predicted octanol–water partition coefficient (Wildman–Crippen LogP) is 2.13. The van der Waals surface area contributed by atoms with Crippen LogP contribution in [0.4, 0.5) is 4.39 Å². The number of halogens is 1. The Morgan fingerprint density at radius 2 is 2.27 bits per heavy atom. The zero-order valence-electron chi connectivity index (χ0n) is 8.14. The van der Waals surface area contributed by atoms with Crippen LogP contribution in [0.15, 0.2) is 30.6 Å². The Kier molecular flexibility index (Phi) is 2.33. The van der Waals surface area contributed by atoms with Crippen LogP contribution in [-0.2, 0) is 0 Å². The summed E-state index contributed by atoms with van der Waals surface area (Å²) >= 11 is 0. The number of hydrogen-bond acceptors (Lipinski definition) is 2. The average molecular weight is 204 g/mol. The molecule has 0 N–H and O–H groups in total. The maximum atomic E-state index is 13.3. The third kappa shape index (κ3) is 1.54. The van der Waals surface area contributed by atoms with Crippen molar-refractivity contribution < 1.29 is 9.18 Å². The van der Waals surface area contributed by atoms with Crippen LogP contribution < -0.4 is 0 Å². The lowest BCUT2D eigenvalue weighted by atomic mass is 10.2. The fourth-order valence-corrected chi connectivity index (χ4v) is 1.48. The lowest BCUT2D eigenvalue weighted by molar-refractivity contribution is 0.112. The molecule has 0 aliphatic heterocycles. The summed E-state index contributed by atoms with van der Waals surface area (Å²) in [4.78, 5) is 14.8. The first-order valence-corrected chi connectivity index (χ1v) is 4.48. The van der Waals surface area contributed by atoms with Gasteiger partial charge < -0.3 is 4.57 Å². The lowest BCUT2D eigenvalue weighted by Crippen LogP contribution is -2.02. The van der Waals surface area contributed by atoms with Crippen molar-refractivity contribution in [1.29, 1.82) is 0 Å². The summed E-state index contributed by atoms with van der Waals surface area (Å²) in [6.45, 7) is 1.79. The Bertz CT molecular complexity index is 505. The first-order chi connectivity index (χ1) is 7.24. The van der Waals surface area contributed by atoms with Gasteiger partial charge in [0.25, 0.3) is 0 Å². The second-order valence-electron chi connectivity index (χ2n) is 3.13. The van der Waals surface area contributed by atoms with Gasteiger partial charge in [-0.1, -0.05) is 6.07 Å². The van der Waals surface area contributed by atoms with Crippen LogP contribution in [0.3, 0.4) is 0 Å². The number of aldehydes is 1. The molecule has 15 heavy (non-hydrogen) atoms. The molecule has 0 saturated carbocycles. The topological polar surface area (TPSA) is 34.9 Å². The molecule has 1 heterocycles. The SMILES string of the molecule is Cc1nccn1-c1cccc(F)c1C=O. The highest BCUT2D eigenvalue weighted by Crippen LogP contribution is 2.17. The van der Waals surface area contributed by atoms with Crippen molar-refractivity contribution >= 4 is 6.29 Å². The van der Waals surface area contributed by atoms with Crippen molar-refractivity contribution in [1.82, 2.24) is 9.55 Å². The largest absolute Gasteiger partial charge is 0.303 e. The molecule has 0 atom stereocenters. The maximum absolute atomic E-state index is 13.3. The summed E-state index contributed by atoms with van der Waals surface area (Å²) in [5.74, 6) is 0.194. The van der Waals surface area contributed by atoms with E-state index in [1.807, 2.05) is 0 Å². The molecular formula is C11H9FN2O. The van der Waals surface area contributed by atoms with E-state index in [-0.39, 0.29) is 5.56 Å². The summed E-state index contributed by atoms with van der Waals surface area (Å²) in [5.41, 5.74) is 0.568. The molecule has 1 aromatic carbocycles. The number of benzene rings is 1. The summed E-state index contributed by atoms with van der Waals surface area (Å²) < 4.78 is 15.0. The van der Waals surface area contributed by atoms with E-state index >= 15 is 0 Å². The summed E-state index contributed by atoms with van der Waals surface area (Å²) in [7, 11) is 0. The minimum atomic E-state index is -0.518. The standard InChI is InChI=1S/C11H9FN2O/c1-8-13-5-6-14(8)11-4-2-3-10(12)9(11)7-15/h2-7H,1H3. The molecule has 2 rings (SSSR count). The second kappa shape index (κ2) is 3.65. The molecule has 0 bridgehead atoms. The van der Waals surface area contributed by atoms with Gasteiger partial charge in [0.1, 0.15) is 11.6 Å². The van der Waals surface area contributed by atoms with Crippen molar-refractivity contribution in [3.8, 4) is 5.69 Å². The van der Waals surface area contributed by atoms with Gasteiger partial charge in [0.15, 0.2) is 6.29 Å². The molecule has 0 aliphatic carbocycles. The molecule has 0 saturated heterocycles. The summed E-state index contributed by atoms with van der Waals surface area (Å²) in [6.07, 6.45) is 3.82. The fraction of sp³-hybridized carbons (Fsp3) is 0.0909. The van der Waals surface area contributed by atoms with E-state index < -0.39 is 5.82 Å². The number of imidazole rings is 1. The molecule has 0 amide bonds. The van der Waals surface area contributed by atoms with Crippen LogP contribution >= 0.6 is 0 Å². The van der Waals surface area contributed by atoms with Crippen LogP contribution in [0.1, 0.15) is 16.2 Å². The van der Waals surface area contributed by atoms with E-state index in [2.05, 4.69) is 4.98 Å². The second-order valence-corrected chi connectivity index (χ2v) is 3.13. The molecule has 3 nitrogen and oxygen atoms in total. The summed E-state index contributed by atoms with van der Waals surface area (Å²) in [6, 6.07) is 4.51. The van der Waals surface area contributed by atoms with E-state index in [1.165, 1.54) is 6.07 Å². The quantitative estimate of drug-likeness (QED) is 0.702. The van der Waals surface area contributed by atoms with Crippen LogP contribution in [0.25, 0.3) is 5.69 Å². The first-order valence-electron chi connectivity index (χ1n) is 4.48. The number of nitrogens with zero attached hydrogens (tertiary/aromatic N) is 2. The Labute approximate surface area is 86.2 Å². The number of aryl methyl sites for hydroxylation is 1. The summed E-state index contributed by atoms with van der Waals surface area (Å²) in [5, 5.41) is 0. The number of aromatic nitrogens is 2. The fourth-order valence-electron chi connectivity index (χ4n) is 1.48. The maximum Gasteiger partial charge on any atom is 0.155 e. The molecule has 0 fully saturated rings. The number of carbonyl (C=O) groups excluding carboxylic acids is 1. The van der Waals surface area contributed by atoms with E-state index in [0.29, 0.717) is 17.8 Å². The Hall–Kier alpha value is -1.97. The zero-order chi connectivity index (χ0) is 10.8. The molecule has 0 radical (unpaired) electrons. The number of rotatable bonds is 2. The minimum absolute atomic E-state index is 0.0543. The molecule has 76 valence electrons. The van der Waals surface area contributed by atoms with Gasteiger partial charge in [-0.2, -0.15) is 0 Å². The van der Waals surface area contributed by atoms with E-state index in [9.17, 15) is 9.18 Å². The molecule has 4 heteroatoms. The van der Waals surface area contributed by atoms with Gasteiger partial charge >= 0.3 is 0 Å². The van der Waals surface area contributed by atoms with E-state index in [4.69, 9.17) is 0 Å². The minimum Gasteiger partial charge on any atom is -0.303 e. The molecule has 0 spiro atoms. The third-order valence-corrected chi connectivity index (χ3v) is 2.23. The van der Waals surface area contributed by atoms with Gasteiger partial charge in [-0.05, 0) is 19.1 Å². The van der Waals surface area contributed by atoms with Gasteiger partial charge in [0, 0.05) is 12.4 Å². The van der Waals surface area contributed by atoms with Gasteiger partial charge in [-0.25, -0.2) is 9.37 Å². The van der Waals surface area contributed by atoms with Crippen molar-refractivity contribution in [3.63, 3.8) is 0 Å². The molecular weight excluding hydrogens is 195 g/mol. The lowest BCUT2D eigenvalue weighted by Gasteiger charge is -2.07. The molecule has 1 aromatic heterocycles. The van der Waals surface area contributed by atoms with E-state index in [0.717, 1.165) is 0 Å². The molecule has 2 aromatic rings. The van der Waals surface area contributed by atoms with Crippen molar-refractivity contribution in [3.05, 3.63) is 47.8 Å². The van der Waals surface area contributed by atoms with Crippen LogP contribution in [-0.4, -0.2) is 15.8 Å². The Balaban J connectivity index is 2.68. The van der Waals surface area contributed by atoms with Crippen LogP contribution in [0.2, 0.25) is 0 Å². The number of carbonyl (C=O) groups is 1. The number of hydrogen-bond donors (Lipinski definition) is 0. The van der Waals surface area contributed by atoms with Crippen molar-refractivity contribution in [2.24, 2.45) is 0 Å². The van der Waals surface area contributed by atoms with Gasteiger partial charge in [-0.3, -0.25) is 4.79 Å². The Morgan fingerprint density at radius 3 is 2.87 bits per heavy atom. The first kappa shape index (κ1) is 9.58. The van der Waals surface area contributed by atoms with Crippen molar-refractivity contribution in [2.45, 2.75) is 6.92 Å². The highest BCUT2D eigenvalue weighted by Gasteiger charge is 2.09. The highest BCUT2D eigenvalue weighted by atomic mass is 19.1. The third-order valence-electron chi connectivity index (χ3n) is 2.23. The van der Waals surface area contributed by atoms with E-state index in [1.54, 1.807) is 36.0 Å². The van der Waals surface area contributed by atoms with Crippen LogP contribution in [0.5, 0.6) is 0 Å². The van der Waals surface area contributed by atoms with Crippen molar-refractivity contribution in [2.75, 3.05) is 0 Å². The highest BCUT2D eigenvalue weighted by molar-refractivity contribution is 5.81. The zero-order valence-corrected chi connectivity index (χ0v) is 8.14. The molecule has 0 aliphatic rings. The van der Waals surface area contributed by atoms with Gasteiger partial charge in [0.05, 0.1) is 11.3 Å². The van der Waals surface area contributed by atoms with Gasteiger partial charge in [0.2, 0.25) is 0 Å². The predicted molar refractivity (Wildman–Crippen MR) is 53.6 cm³/mol. The van der Waals surface area contributed by atoms with Crippen LogP contribution in [0, 0.1) is 12.7 Å². The average Bonchev–Trinajstić information content (AvgIpc) is 2.64. The smallest absolute Gasteiger partial charge is 0.155 e. The van der Waals surface area contributed by atoms with Gasteiger partial charge in [-0.15, -0.1) is 0 Å². The monoisotopic (exact) mass is 204 g/mol. The molecule has 0 unspecified atom stereocenters. The normalized spacial score (nSPS) is 10.3.